The quantitative estimate of drug-likeness (QED) is 0.793. The lowest BCUT2D eigenvalue weighted by molar-refractivity contribution is 0.0697. The Bertz CT molecular complexity index is 542. The molecule has 2 rings (SSSR count). The van der Waals surface area contributed by atoms with Gasteiger partial charge in [0.15, 0.2) is 0 Å². The highest BCUT2D eigenvalue weighted by atomic mass is 19.1. The summed E-state index contributed by atoms with van der Waals surface area (Å²) in [6.07, 6.45) is 1.41. The Morgan fingerprint density at radius 3 is 2.57 bits per heavy atom. The average Bonchev–Trinajstić information content (AvgIpc) is 2.49. The number of benzene rings is 1. The summed E-state index contributed by atoms with van der Waals surface area (Å²) in [7, 11) is 0. The summed E-state index contributed by atoms with van der Waals surface area (Å²) in [5, 5.41) is 20.6. The number of aliphatic hydroxyl groups is 1. The minimum absolute atomic E-state index is 0.0678. The molecule has 21 heavy (non-hydrogen) atoms. The molecule has 0 unspecified atom stereocenters. The van der Waals surface area contributed by atoms with Crippen molar-refractivity contribution in [2.75, 3.05) is 25.0 Å². The monoisotopic (exact) mass is 296 g/mol. The number of hydrogen-bond donors (Lipinski definition) is 3. The Kier molecular flexibility index (Phi) is 4.74. The van der Waals surface area contributed by atoms with E-state index >= 15 is 0 Å². The largest absolute Gasteiger partial charge is 0.478 e. The number of nitrogens with one attached hydrogen (secondary N) is 1. The number of halogens is 1. The standard InChI is InChI=1S/C14H17FN2O4/c15-10-1-2-12(11(7-10)13(19)20)16-14(21)17-5-3-9(8-18)4-6-17/h1-2,7,9,18H,3-6,8H2,(H,16,21)(H,19,20). The number of likely N-dealkylation sites (tertiary alicyclic amines) is 1. The van der Waals surface area contributed by atoms with Crippen molar-refractivity contribution in [3.8, 4) is 0 Å². The third-order valence-electron chi connectivity index (χ3n) is 3.61. The van der Waals surface area contributed by atoms with Crippen LogP contribution in [0.1, 0.15) is 23.2 Å². The van der Waals surface area contributed by atoms with Gasteiger partial charge < -0.3 is 20.4 Å². The first-order valence-electron chi connectivity index (χ1n) is 6.71. The summed E-state index contributed by atoms with van der Waals surface area (Å²) in [5.41, 5.74) is -0.216. The molecule has 1 aliphatic heterocycles. The summed E-state index contributed by atoms with van der Waals surface area (Å²) < 4.78 is 13.1. The lowest BCUT2D eigenvalue weighted by Crippen LogP contribution is -2.41. The van der Waals surface area contributed by atoms with Crippen LogP contribution in [-0.4, -0.2) is 46.8 Å². The predicted molar refractivity (Wildman–Crippen MR) is 73.8 cm³/mol. The first-order chi connectivity index (χ1) is 10.0. The van der Waals surface area contributed by atoms with Gasteiger partial charge in [-0.3, -0.25) is 0 Å². The molecule has 1 heterocycles. The summed E-state index contributed by atoms with van der Waals surface area (Å²) in [6.45, 7) is 1.11. The topological polar surface area (TPSA) is 89.9 Å². The molecule has 114 valence electrons. The van der Waals surface area contributed by atoms with Crippen LogP contribution in [0.3, 0.4) is 0 Å². The van der Waals surface area contributed by atoms with Crippen LogP contribution < -0.4 is 5.32 Å². The number of nitrogens with zero attached hydrogens (tertiary/aromatic N) is 1. The van der Waals surface area contributed by atoms with Crippen molar-refractivity contribution in [1.82, 2.24) is 4.90 Å². The molecular formula is C14H17FN2O4. The van der Waals surface area contributed by atoms with Crippen LogP contribution in [-0.2, 0) is 0 Å². The number of aromatic carboxylic acids is 1. The number of amides is 2. The second-order valence-corrected chi connectivity index (χ2v) is 5.04. The van der Waals surface area contributed by atoms with Crippen LogP contribution in [0.15, 0.2) is 18.2 Å². The molecule has 0 atom stereocenters. The molecule has 3 N–H and O–H groups in total. The Labute approximate surface area is 121 Å². The van der Waals surface area contributed by atoms with Gasteiger partial charge in [-0.1, -0.05) is 0 Å². The molecule has 0 saturated carbocycles. The molecule has 0 bridgehead atoms. The Balaban J connectivity index is 2.05. The van der Waals surface area contributed by atoms with E-state index in [0.717, 1.165) is 12.1 Å². The molecular weight excluding hydrogens is 279 g/mol. The van der Waals surface area contributed by atoms with Crippen LogP contribution in [0, 0.1) is 11.7 Å². The van der Waals surface area contributed by atoms with E-state index < -0.39 is 17.8 Å². The van der Waals surface area contributed by atoms with E-state index in [-0.39, 0.29) is 23.8 Å². The number of carboxylic acid groups (broad SMARTS) is 1. The molecule has 2 amide bonds. The van der Waals surface area contributed by atoms with E-state index in [9.17, 15) is 14.0 Å². The number of carboxylic acids is 1. The molecule has 6 nitrogen and oxygen atoms in total. The van der Waals surface area contributed by atoms with Crippen molar-refractivity contribution < 1.29 is 24.2 Å². The van der Waals surface area contributed by atoms with Gasteiger partial charge in [0, 0.05) is 19.7 Å². The highest BCUT2D eigenvalue weighted by molar-refractivity contribution is 6.00. The van der Waals surface area contributed by atoms with E-state index in [1.807, 2.05) is 0 Å². The summed E-state index contributed by atoms with van der Waals surface area (Å²) >= 11 is 0. The van der Waals surface area contributed by atoms with Crippen molar-refractivity contribution in [3.05, 3.63) is 29.6 Å². The maximum atomic E-state index is 13.1. The second-order valence-electron chi connectivity index (χ2n) is 5.04. The van der Waals surface area contributed by atoms with E-state index in [4.69, 9.17) is 10.2 Å². The smallest absolute Gasteiger partial charge is 0.337 e. The molecule has 0 aromatic heterocycles. The van der Waals surface area contributed by atoms with Gasteiger partial charge in [0.2, 0.25) is 0 Å². The molecule has 0 aliphatic carbocycles. The fourth-order valence-electron chi connectivity index (χ4n) is 2.32. The molecule has 1 aromatic carbocycles. The molecule has 1 saturated heterocycles. The zero-order valence-corrected chi connectivity index (χ0v) is 11.4. The van der Waals surface area contributed by atoms with Gasteiger partial charge in [0.25, 0.3) is 0 Å². The Hall–Kier alpha value is -2.15. The Morgan fingerprint density at radius 1 is 1.33 bits per heavy atom. The lowest BCUT2D eigenvalue weighted by Gasteiger charge is -2.31. The van der Waals surface area contributed by atoms with Gasteiger partial charge in [0.05, 0.1) is 11.3 Å². The maximum Gasteiger partial charge on any atom is 0.337 e. The highest BCUT2D eigenvalue weighted by Gasteiger charge is 2.23. The van der Waals surface area contributed by atoms with Crippen molar-refractivity contribution in [2.45, 2.75) is 12.8 Å². The van der Waals surface area contributed by atoms with Crippen molar-refractivity contribution >= 4 is 17.7 Å². The number of carbonyl (C=O) groups is 2. The number of hydrogen-bond acceptors (Lipinski definition) is 3. The van der Waals surface area contributed by atoms with Crippen LogP contribution in [0.5, 0.6) is 0 Å². The van der Waals surface area contributed by atoms with Crippen molar-refractivity contribution in [1.29, 1.82) is 0 Å². The molecule has 0 radical (unpaired) electrons. The van der Waals surface area contributed by atoms with E-state index in [1.54, 1.807) is 4.90 Å². The van der Waals surface area contributed by atoms with Gasteiger partial charge in [-0.15, -0.1) is 0 Å². The molecule has 1 fully saturated rings. The number of urea groups is 1. The normalized spacial score (nSPS) is 15.8. The summed E-state index contributed by atoms with van der Waals surface area (Å²) in [6, 6.07) is 2.79. The van der Waals surface area contributed by atoms with Gasteiger partial charge in [-0.05, 0) is 37.0 Å². The predicted octanol–water partition coefficient (Wildman–Crippen LogP) is 1.76. The average molecular weight is 296 g/mol. The molecule has 1 aliphatic rings. The van der Waals surface area contributed by atoms with Crippen LogP contribution in [0.2, 0.25) is 0 Å². The molecule has 0 spiro atoms. The third kappa shape index (κ3) is 3.69. The lowest BCUT2D eigenvalue weighted by atomic mass is 9.98. The minimum Gasteiger partial charge on any atom is -0.478 e. The Morgan fingerprint density at radius 2 is 2.00 bits per heavy atom. The first kappa shape index (κ1) is 15.2. The van der Waals surface area contributed by atoms with Crippen molar-refractivity contribution in [2.24, 2.45) is 5.92 Å². The first-order valence-corrected chi connectivity index (χ1v) is 6.71. The van der Waals surface area contributed by atoms with Gasteiger partial charge in [-0.25, -0.2) is 14.0 Å². The zero-order valence-electron chi connectivity index (χ0n) is 11.4. The van der Waals surface area contributed by atoms with Crippen LogP contribution >= 0.6 is 0 Å². The van der Waals surface area contributed by atoms with Gasteiger partial charge in [0.1, 0.15) is 5.82 Å². The molecule has 1 aromatic rings. The SMILES string of the molecule is O=C(O)c1cc(F)ccc1NC(=O)N1CCC(CO)CC1. The number of aliphatic hydroxyl groups excluding tert-OH is 1. The van der Waals surface area contributed by atoms with E-state index in [0.29, 0.717) is 25.9 Å². The van der Waals surface area contributed by atoms with Crippen molar-refractivity contribution in [3.63, 3.8) is 0 Å². The third-order valence-corrected chi connectivity index (χ3v) is 3.61. The number of anilines is 1. The fourth-order valence-corrected chi connectivity index (χ4v) is 2.32. The van der Waals surface area contributed by atoms with Crippen LogP contribution in [0.4, 0.5) is 14.9 Å². The van der Waals surface area contributed by atoms with Crippen LogP contribution in [0.25, 0.3) is 0 Å². The summed E-state index contributed by atoms with van der Waals surface area (Å²) in [4.78, 5) is 24.7. The van der Waals surface area contributed by atoms with Gasteiger partial charge in [-0.2, -0.15) is 0 Å². The highest BCUT2D eigenvalue weighted by Crippen LogP contribution is 2.20. The van der Waals surface area contributed by atoms with E-state index in [1.165, 1.54) is 6.07 Å². The van der Waals surface area contributed by atoms with E-state index in [2.05, 4.69) is 5.32 Å². The minimum atomic E-state index is -1.30. The summed E-state index contributed by atoms with van der Waals surface area (Å²) in [5.74, 6) is -1.77. The fraction of sp³-hybridized carbons (Fsp3) is 0.429. The number of piperidine rings is 1. The zero-order chi connectivity index (χ0) is 15.4. The second kappa shape index (κ2) is 6.53. The maximum absolute atomic E-state index is 13.1. The number of rotatable bonds is 3. The number of carbonyl (C=O) groups excluding carboxylic acids is 1. The molecule has 7 heteroatoms. The van der Waals surface area contributed by atoms with Gasteiger partial charge >= 0.3 is 12.0 Å².